The largest absolute Gasteiger partial charge is 0.283 e. The Bertz CT molecular complexity index is 365. The van der Waals surface area contributed by atoms with Crippen LogP contribution in [0.1, 0.15) is 39.5 Å². The van der Waals surface area contributed by atoms with E-state index >= 15 is 0 Å². The van der Waals surface area contributed by atoms with Crippen LogP contribution in [0.25, 0.3) is 0 Å². The van der Waals surface area contributed by atoms with Crippen molar-refractivity contribution in [1.29, 1.82) is 5.26 Å². The first-order chi connectivity index (χ1) is 8.07. The van der Waals surface area contributed by atoms with Crippen molar-refractivity contribution >= 4 is 10.2 Å². The minimum absolute atomic E-state index is 0.0141. The SMILES string of the molecule is CCN(CC)S(=O)(=O)N(CC#N)C1CCCC1. The Morgan fingerprint density at radius 1 is 1.24 bits per heavy atom. The van der Waals surface area contributed by atoms with Gasteiger partial charge in [-0.3, -0.25) is 0 Å². The molecule has 0 N–H and O–H groups in total. The van der Waals surface area contributed by atoms with E-state index in [4.69, 9.17) is 5.26 Å². The van der Waals surface area contributed by atoms with Gasteiger partial charge in [0.1, 0.15) is 6.54 Å². The summed E-state index contributed by atoms with van der Waals surface area (Å²) in [6, 6.07) is 1.99. The van der Waals surface area contributed by atoms with E-state index in [1.807, 2.05) is 19.9 Å². The smallest absolute Gasteiger partial charge is 0.197 e. The summed E-state index contributed by atoms with van der Waals surface area (Å²) in [5.41, 5.74) is 0. The second-order valence-corrected chi connectivity index (χ2v) is 6.11. The lowest BCUT2D eigenvalue weighted by atomic mass is 10.2. The van der Waals surface area contributed by atoms with Crippen LogP contribution in [-0.2, 0) is 10.2 Å². The molecule has 98 valence electrons. The molecule has 6 heteroatoms. The van der Waals surface area contributed by atoms with Crippen LogP contribution in [0.4, 0.5) is 0 Å². The molecule has 1 rings (SSSR count). The Kier molecular flexibility index (Phi) is 5.37. The van der Waals surface area contributed by atoms with Gasteiger partial charge in [-0.1, -0.05) is 26.7 Å². The lowest BCUT2D eigenvalue weighted by Gasteiger charge is -2.30. The molecule has 0 saturated heterocycles. The fraction of sp³-hybridized carbons (Fsp3) is 0.909. The van der Waals surface area contributed by atoms with Gasteiger partial charge in [0.05, 0.1) is 6.07 Å². The predicted octanol–water partition coefficient (Wildman–Crippen LogP) is 1.34. The van der Waals surface area contributed by atoms with Crippen molar-refractivity contribution in [2.45, 2.75) is 45.6 Å². The van der Waals surface area contributed by atoms with E-state index in [9.17, 15) is 8.42 Å². The zero-order chi connectivity index (χ0) is 12.9. The third-order valence-corrected chi connectivity index (χ3v) is 5.48. The van der Waals surface area contributed by atoms with Gasteiger partial charge in [-0.2, -0.15) is 22.3 Å². The van der Waals surface area contributed by atoms with E-state index in [1.165, 1.54) is 8.61 Å². The van der Waals surface area contributed by atoms with Gasteiger partial charge >= 0.3 is 0 Å². The molecular formula is C11H21N3O2S. The Morgan fingerprint density at radius 3 is 2.18 bits per heavy atom. The molecule has 0 aliphatic heterocycles. The summed E-state index contributed by atoms with van der Waals surface area (Å²) in [7, 11) is -3.46. The van der Waals surface area contributed by atoms with Gasteiger partial charge in [0.25, 0.3) is 10.2 Å². The highest BCUT2D eigenvalue weighted by atomic mass is 32.2. The standard InChI is InChI=1S/C11H21N3O2S/c1-3-13(4-2)17(15,16)14(10-9-12)11-7-5-6-8-11/h11H,3-8,10H2,1-2H3. The maximum absolute atomic E-state index is 12.4. The van der Waals surface area contributed by atoms with Crippen molar-refractivity contribution < 1.29 is 8.42 Å². The van der Waals surface area contributed by atoms with Gasteiger partial charge in [0.2, 0.25) is 0 Å². The van der Waals surface area contributed by atoms with Crippen molar-refractivity contribution in [2.24, 2.45) is 0 Å². The number of rotatable bonds is 6. The molecule has 17 heavy (non-hydrogen) atoms. The topological polar surface area (TPSA) is 64.4 Å². The lowest BCUT2D eigenvalue weighted by Crippen LogP contribution is -2.47. The van der Waals surface area contributed by atoms with Crippen LogP contribution in [0, 0.1) is 11.3 Å². The van der Waals surface area contributed by atoms with E-state index < -0.39 is 10.2 Å². The number of hydrogen-bond acceptors (Lipinski definition) is 3. The van der Waals surface area contributed by atoms with Crippen molar-refractivity contribution in [3.05, 3.63) is 0 Å². The van der Waals surface area contributed by atoms with Crippen LogP contribution in [0.2, 0.25) is 0 Å². The molecule has 5 nitrogen and oxygen atoms in total. The fourth-order valence-corrected chi connectivity index (χ4v) is 4.12. The summed E-state index contributed by atoms with van der Waals surface area (Å²) in [5, 5.41) is 8.81. The minimum atomic E-state index is -3.46. The zero-order valence-electron chi connectivity index (χ0n) is 10.6. The maximum atomic E-state index is 12.4. The van der Waals surface area contributed by atoms with Crippen LogP contribution in [-0.4, -0.2) is 42.7 Å². The summed E-state index contributed by atoms with van der Waals surface area (Å²) >= 11 is 0. The first kappa shape index (κ1) is 14.4. The summed E-state index contributed by atoms with van der Waals surface area (Å²) in [6.45, 7) is 4.50. The van der Waals surface area contributed by atoms with Crippen molar-refractivity contribution in [3.63, 3.8) is 0 Å². The Morgan fingerprint density at radius 2 is 1.76 bits per heavy atom. The molecule has 0 bridgehead atoms. The van der Waals surface area contributed by atoms with Crippen LogP contribution in [0.15, 0.2) is 0 Å². The maximum Gasteiger partial charge on any atom is 0.283 e. The van der Waals surface area contributed by atoms with Gasteiger partial charge in [-0.05, 0) is 12.8 Å². The second-order valence-electron chi connectivity index (χ2n) is 4.23. The third kappa shape index (κ3) is 3.18. The Balaban J connectivity index is 2.92. The lowest BCUT2D eigenvalue weighted by molar-refractivity contribution is 0.309. The van der Waals surface area contributed by atoms with Gasteiger partial charge in [-0.15, -0.1) is 0 Å². The summed E-state index contributed by atoms with van der Waals surface area (Å²) in [5.74, 6) is 0. The molecule has 0 heterocycles. The molecule has 1 saturated carbocycles. The van der Waals surface area contributed by atoms with Gasteiger partial charge in [0, 0.05) is 19.1 Å². The van der Waals surface area contributed by atoms with Crippen molar-refractivity contribution in [3.8, 4) is 6.07 Å². The van der Waals surface area contributed by atoms with Crippen molar-refractivity contribution in [1.82, 2.24) is 8.61 Å². The van der Waals surface area contributed by atoms with Gasteiger partial charge in [-0.25, -0.2) is 0 Å². The highest BCUT2D eigenvalue weighted by Crippen LogP contribution is 2.26. The van der Waals surface area contributed by atoms with Crippen LogP contribution < -0.4 is 0 Å². The van der Waals surface area contributed by atoms with E-state index in [2.05, 4.69) is 0 Å². The summed E-state index contributed by atoms with van der Waals surface area (Å²) in [6.07, 6.45) is 3.87. The third-order valence-electron chi connectivity index (χ3n) is 3.29. The molecule has 0 aromatic carbocycles. The summed E-state index contributed by atoms with van der Waals surface area (Å²) in [4.78, 5) is 0. The van der Waals surface area contributed by atoms with E-state index in [-0.39, 0.29) is 12.6 Å². The first-order valence-electron chi connectivity index (χ1n) is 6.21. The number of nitriles is 1. The molecule has 0 atom stereocenters. The highest BCUT2D eigenvalue weighted by molar-refractivity contribution is 7.86. The zero-order valence-corrected chi connectivity index (χ0v) is 11.4. The Labute approximate surface area is 104 Å². The molecule has 0 radical (unpaired) electrons. The molecule has 0 aromatic heterocycles. The van der Waals surface area contributed by atoms with Crippen molar-refractivity contribution in [2.75, 3.05) is 19.6 Å². The average molecular weight is 259 g/mol. The minimum Gasteiger partial charge on any atom is -0.197 e. The molecule has 0 aromatic rings. The molecule has 1 fully saturated rings. The van der Waals surface area contributed by atoms with E-state index in [1.54, 1.807) is 0 Å². The molecule has 0 unspecified atom stereocenters. The van der Waals surface area contributed by atoms with Crippen LogP contribution in [0.3, 0.4) is 0 Å². The molecular weight excluding hydrogens is 238 g/mol. The van der Waals surface area contributed by atoms with Gasteiger partial charge < -0.3 is 0 Å². The number of nitrogens with zero attached hydrogens (tertiary/aromatic N) is 3. The van der Waals surface area contributed by atoms with E-state index in [0.29, 0.717) is 13.1 Å². The highest BCUT2D eigenvalue weighted by Gasteiger charge is 2.34. The predicted molar refractivity (Wildman–Crippen MR) is 66.4 cm³/mol. The van der Waals surface area contributed by atoms with E-state index in [0.717, 1.165) is 25.7 Å². The summed E-state index contributed by atoms with van der Waals surface area (Å²) < 4.78 is 27.5. The molecule has 1 aliphatic carbocycles. The Hall–Kier alpha value is -0.640. The van der Waals surface area contributed by atoms with Gasteiger partial charge in [0.15, 0.2) is 0 Å². The van der Waals surface area contributed by atoms with Crippen LogP contribution in [0.5, 0.6) is 0 Å². The molecule has 0 amide bonds. The molecule has 1 aliphatic rings. The number of hydrogen-bond donors (Lipinski definition) is 0. The normalized spacial score (nSPS) is 17.8. The fourth-order valence-electron chi connectivity index (χ4n) is 2.36. The monoisotopic (exact) mass is 259 g/mol. The quantitative estimate of drug-likeness (QED) is 0.676. The van der Waals surface area contributed by atoms with Crippen LogP contribution >= 0.6 is 0 Å². The second kappa shape index (κ2) is 6.34. The average Bonchev–Trinajstić information content (AvgIpc) is 2.80. The first-order valence-corrected chi connectivity index (χ1v) is 7.61. The molecule has 0 spiro atoms.